The monoisotopic (exact) mass is 412 g/mol. The zero-order valence-corrected chi connectivity index (χ0v) is 18.0. The van der Waals surface area contributed by atoms with Gasteiger partial charge in [0.1, 0.15) is 11.3 Å². The number of nitrogens with one attached hydrogen (secondary N) is 1. The summed E-state index contributed by atoms with van der Waals surface area (Å²) >= 11 is 0. The predicted molar refractivity (Wildman–Crippen MR) is 117 cm³/mol. The number of fused-ring (bicyclic) bond motifs is 2. The maximum Gasteiger partial charge on any atom is 0.336 e. The molecule has 0 aliphatic carbocycles. The largest absolute Gasteiger partial charge is 0.483 e. The quantitative estimate of drug-likeness (QED) is 0.736. The highest BCUT2D eigenvalue weighted by Gasteiger charge is 2.32. The van der Waals surface area contributed by atoms with Crippen LogP contribution in [0.4, 0.5) is 0 Å². The van der Waals surface area contributed by atoms with Crippen molar-refractivity contribution in [2.45, 2.75) is 58.4 Å². The van der Waals surface area contributed by atoms with Crippen LogP contribution in [0.25, 0.3) is 11.0 Å². The summed E-state index contributed by atoms with van der Waals surface area (Å²) in [5.74, 6) is 1.00. The minimum atomic E-state index is -0.360. The molecule has 0 bridgehead atoms. The van der Waals surface area contributed by atoms with Gasteiger partial charge in [-0.25, -0.2) is 4.79 Å². The number of aryl methyl sites for hydroxylation is 2. The van der Waals surface area contributed by atoms with Crippen LogP contribution >= 0.6 is 0 Å². The molecular weight excluding hydrogens is 380 g/mol. The standard InChI is InChI=1S/C24H32N2O4/c1-3-17-13-23(28)30-24-16(2)21(10-9-19(17)24)29-15-22(27)25-14-18-7-6-12-26-11-5-4-8-20(18)26/h9-10,13,18,20H,3-8,11-12,14-15H2,1-2H3,(H,25,27)/t18-,20-/m0/s1. The molecular formula is C24H32N2O4. The summed E-state index contributed by atoms with van der Waals surface area (Å²) in [6, 6.07) is 5.91. The molecule has 2 aliphatic heterocycles. The van der Waals surface area contributed by atoms with E-state index in [0.29, 0.717) is 23.3 Å². The van der Waals surface area contributed by atoms with Crippen LogP contribution in [-0.2, 0) is 11.2 Å². The number of nitrogens with zero attached hydrogens (tertiary/aromatic N) is 1. The number of piperidine rings is 2. The van der Waals surface area contributed by atoms with Gasteiger partial charge in [0.25, 0.3) is 5.91 Å². The van der Waals surface area contributed by atoms with Gasteiger partial charge in [0.15, 0.2) is 6.61 Å². The van der Waals surface area contributed by atoms with Crippen LogP contribution in [-0.4, -0.2) is 43.1 Å². The van der Waals surface area contributed by atoms with Crippen molar-refractivity contribution in [3.05, 3.63) is 39.7 Å². The molecule has 6 heteroatoms. The highest BCUT2D eigenvalue weighted by Crippen LogP contribution is 2.31. The first-order valence-electron chi connectivity index (χ1n) is 11.3. The summed E-state index contributed by atoms with van der Waals surface area (Å²) in [5.41, 5.74) is 1.88. The second kappa shape index (κ2) is 9.21. The first-order chi connectivity index (χ1) is 14.6. The van der Waals surface area contributed by atoms with Gasteiger partial charge in [-0.3, -0.25) is 4.79 Å². The number of benzene rings is 1. The van der Waals surface area contributed by atoms with Crippen molar-refractivity contribution in [3.63, 3.8) is 0 Å². The van der Waals surface area contributed by atoms with Gasteiger partial charge in [-0.1, -0.05) is 13.3 Å². The minimum absolute atomic E-state index is 0.0366. The Kier molecular flexibility index (Phi) is 6.42. The Morgan fingerprint density at radius 3 is 2.90 bits per heavy atom. The Bertz CT molecular complexity index is 966. The molecule has 2 aromatic rings. The second-order valence-electron chi connectivity index (χ2n) is 8.60. The van der Waals surface area contributed by atoms with Crippen molar-refractivity contribution >= 4 is 16.9 Å². The summed E-state index contributed by atoms with van der Waals surface area (Å²) in [6.07, 6.45) is 7.00. The summed E-state index contributed by atoms with van der Waals surface area (Å²) in [4.78, 5) is 26.9. The van der Waals surface area contributed by atoms with E-state index in [0.717, 1.165) is 29.5 Å². The Labute approximate surface area is 177 Å². The van der Waals surface area contributed by atoms with E-state index in [1.807, 2.05) is 26.0 Å². The lowest BCUT2D eigenvalue weighted by molar-refractivity contribution is -0.123. The maximum absolute atomic E-state index is 12.4. The molecule has 2 aliphatic rings. The average Bonchev–Trinajstić information content (AvgIpc) is 2.77. The van der Waals surface area contributed by atoms with Crippen LogP contribution in [0.1, 0.15) is 50.2 Å². The normalized spacial score (nSPS) is 21.9. The fourth-order valence-electron chi connectivity index (χ4n) is 5.11. The van der Waals surface area contributed by atoms with Crippen LogP contribution < -0.4 is 15.7 Å². The van der Waals surface area contributed by atoms with Crippen molar-refractivity contribution in [1.29, 1.82) is 0 Å². The number of ether oxygens (including phenoxy) is 1. The van der Waals surface area contributed by atoms with Gasteiger partial charge >= 0.3 is 5.63 Å². The van der Waals surface area contributed by atoms with Gasteiger partial charge in [-0.15, -0.1) is 0 Å². The highest BCUT2D eigenvalue weighted by atomic mass is 16.5. The van der Waals surface area contributed by atoms with E-state index < -0.39 is 0 Å². The number of hydrogen-bond acceptors (Lipinski definition) is 5. The van der Waals surface area contributed by atoms with Crippen molar-refractivity contribution in [2.24, 2.45) is 5.92 Å². The zero-order chi connectivity index (χ0) is 21.1. The topological polar surface area (TPSA) is 71.8 Å². The lowest BCUT2D eigenvalue weighted by Gasteiger charge is -2.44. The smallest absolute Gasteiger partial charge is 0.336 e. The van der Waals surface area contributed by atoms with Crippen molar-refractivity contribution in [1.82, 2.24) is 10.2 Å². The Morgan fingerprint density at radius 2 is 2.07 bits per heavy atom. The van der Waals surface area contributed by atoms with Crippen molar-refractivity contribution in [3.8, 4) is 5.75 Å². The molecule has 6 nitrogen and oxygen atoms in total. The predicted octanol–water partition coefficient (Wildman–Crippen LogP) is 3.42. The van der Waals surface area contributed by atoms with Gasteiger partial charge < -0.3 is 19.4 Å². The van der Waals surface area contributed by atoms with E-state index >= 15 is 0 Å². The summed E-state index contributed by atoms with van der Waals surface area (Å²) in [5, 5.41) is 3.99. The molecule has 30 heavy (non-hydrogen) atoms. The van der Waals surface area contributed by atoms with E-state index in [1.165, 1.54) is 51.3 Å². The third kappa shape index (κ3) is 4.38. The summed E-state index contributed by atoms with van der Waals surface area (Å²) in [6.45, 7) is 6.96. The van der Waals surface area contributed by atoms with Gasteiger partial charge in [0, 0.05) is 29.6 Å². The maximum atomic E-state index is 12.4. The Hall–Kier alpha value is -2.34. The van der Waals surface area contributed by atoms with Crippen molar-refractivity contribution < 1.29 is 13.9 Å². The molecule has 3 heterocycles. The molecule has 0 unspecified atom stereocenters. The Balaban J connectivity index is 1.36. The molecule has 1 aromatic heterocycles. The van der Waals surface area contributed by atoms with Gasteiger partial charge in [-0.2, -0.15) is 0 Å². The first-order valence-corrected chi connectivity index (χ1v) is 11.3. The molecule has 162 valence electrons. The van der Waals surface area contributed by atoms with E-state index in [4.69, 9.17) is 9.15 Å². The SMILES string of the molecule is CCc1cc(=O)oc2c(C)c(OCC(=O)NC[C@@H]3CCCN4CCCC[C@@H]34)ccc12. The number of carbonyl (C=O) groups is 1. The zero-order valence-electron chi connectivity index (χ0n) is 18.0. The van der Waals surface area contributed by atoms with E-state index in [-0.39, 0.29) is 18.1 Å². The molecule has 2 saturated heterocycles. The fraction of sp³-hybridized carbons (Fsp3) is 0.583. The average molecular weight is 413 g/mol. The van der Waals surface area contributed by atoms with E-state index in [1.54, 1.807) is 0 Å². The summed E-state index contributed by atoms with van der Waals surface area (Å²) < 4.78 is 11.2. The van der Waals surface area contributed by atoms with Crippen LogP contribution in [0, 0.1) is 12.8 Å². The highest BCUT2D eigenvalue weighted by molar-refractivity contribution is 5.85. The third-order valence-corrected chi connectivity index (χ3v) is 6.73. The molecule has 1 N–H and O–H groups in total. The van der Waals surface area contributed by atoms with Gasteiger partial charge in [0.05, 0.1) is 0 Å². The van der Waals surface area contributed by atoms with Crippen LogP contribution in [0.5, 0.6) is 5.75 Å². The second-order valence-corrected chi connectivity index (χ2v) is 8.60. The number of carbonyl (C=O) groups excluding carboxylic acids is 1. The molecule has 0 saturated carbocycles. The molecule has 2 atom stereocenters. The number of rotatable bonds is 6. The number of hydrogen-bond donors (Lipinski definition) is 1. The van der Waals surface area contributed by atoms with Gasteiger partial charge in [-0.05, 0) is 75.7 Å². The van der Waals surface area contributed by atoms with Gasteiger partial charge in [0.2, 0.25) is 0 Å². The summed E-state index contributed by atoms with van der Waals surface area (Å²) in [7, 11) is 0. The molecule has 2 fully saturated rings. The lowest BCUT2D eigenvalue weighted by Crippen LogP contribution is -2.51. The molecule has 1 aromatic carbocycles. The van der Waals surface area contributed by atoms with Crippen LogP contribution in [0.3, 0.4) is 0 Å². The van der Waals surface area contributed by atoms with E-state index in [9.17, 15) is 9.59 Å². The molecule has 0 spiro atoms. The van der Waals surface area contributed by atoms with Crippen LogP contribution in [0.2, 0.25) is 0 Å². The van der Waals surface area contributed by atoms with Crippen LogP contribution in [0.15, 0.2) is 27.4 Å². The molecule has 1 amide bonds. The lowest BCUT2D eigenvalue weighted by atomic mass is 9.83. The number of amides is 1. The molecule has 0 radical (unpaired) electrons. The van der Waals surface area contributed by atoms with Crippen molar-refractivity contribution in [2.75, 3.05) is 26.2 Å². The Morgan fingerprint density at radius 1 is 1.23 bits per heavy atom. The van der Waals surface area contributed by atoms with E-state index in [2.05, 4.69) is 10.2 Å². The minimum Gasteiger partial charge on any atom is -0.483 e. The molecule has 4 rings (SSSR count). The first kappa shape index (κ1) is 20.9. The fourth-order valence-corrected chi connectivity index (χ4v) is 5.11. The third-order valence-electron chi connectivity index (χ3n) is 6.73.